The number of hydrogen-bond donors (Lipinski definition) is 0. The van der Waals surface area contributed by atoms with E-state index < -0.39 is 0 Å². The average molecular weight is 491 g/mol. The Hall–Kier alpha value is -2.46. The first-order chi connectivity index (χ1) is 15.1. The topological polar surface area (TPSA) is 67.8 Å². The fourth-order valence-corrected chi connectivity index (χ4v) is 5.39. The van der Waals surface area contributed by atoms with Gasteiger partial charge in [0.05, 0.1) is 20.4 Å². The van der Waals surface area contributed by atoms with Crippen LogP contribution in [-0.4, -0.2) is 61.2 Å². The smallest absolute Gasteiger partial charge is 0.289 e. The minimum Gasteiger partial charge on any atom is -0.486 e. The molecule has 10 heteroatoms. The van der Waals surface area contributed by atoms with Gasteiger partial charge in [0.15, 0.2) is 21.6 Å². The molecular formula is C22H23ClN4O3S2. The van der Waals surface area contributed by atoms with Gasteiger partial charge < -0.3 is 14.4 Å². The minimum absolute atomic E-state index is 0. The van der Waals surface area contributed by atoms with Crippen LogP contribution in [0.25, 0.3) is 20.4 Å². The molecule has 2 aromatic carbocycles. The van der Waals surface area contributed by atoms with Crippen LogP contribution < -0.4 is 14.4 Å². The number of para-hydroxylation sites is 1. The second-order valence-electron chi connectivity index (χ2n) is 7.56. The standard InChI is InChI=1S/C22H22N4O3S2.ClH/c1-25(2)8-5-9-26(21(27)20-23-14-6-3-4-7-18(14)30-20)22-24-15-12-16-17(13-19(15)31-22)29-11-10-28-16;/h3-4,6-7,12-13H,5,8-11H2,1-2H3;1H. The Morgan fingerprint density at radius 2 is 1.72 bits per heavy atom. The second kappa shape index (κ2) is 9.58. The Balaban J connectivity index is 0.00000245. The predicted octanol–water partition coefficient (Wildman–Crippen LogP) is 4.70. The van der Waals surface area contributed by atoms with Gasteiger partial charge in [-0.05, 0) is 39.2 Å². The van der Waals surface area contributed by atoms with Crippen molar-refractivity contribution < 1.29 is 14.3 Å². The molecule has 2 aromatic heterocycles. The molecule has 168 valence electrons. The van der Waals surface area contributed by atoms with E-state index in [0.717, 1.165) is 39.1 Å². The summed E-state index contributed by atoms with van der Waals surface area (Å²) >= 11 is 2.91. The minimum atomic E-state index is -0.115. The number of aromatic nitrogens is 2. The van der Waals surface area contributed by atoms with E-state index >= 15 is 0 Å². The molecule has 0 unspecified atom stereocenters. The van der Waals surface area contributed by atoms with Crippen LogP contribution in [0.3, 0.4) is 0 Å². The summed E-state index contributed by atoms with van der Waals surface area (Å²) in [6.45, 7) is 2.52. The molecule has 0 saturated carbocycles. The molecular weight excluding hydrogens is 468 g/mol. The summed E-state index contributed by atoms with van der Waals surface area (Å²) in [6.07, 6.45) is 0.836. The normalized spacial score (nSPS) is 12.8. The second-order valence-corrected chi connectivity index (χ2v) is 9.60. The van der Waals surface area contributed by atoms with Crippen molar-refractivity contribution in [3.05, 3.63) is 41.4 Å². The molecule has 0 aliphatic carbocycles. The van der Waals surface area contributed by atoms with Gasteiger partial charge in [0.25, 0.3) is 5.91 Å². The number of rotatable bonds is 6. The molecule has 3 heterocycles. The number of carbonyl (C=O) groups excluding carboxylic acids is 1. The highest BCUT2D eigenvalue weighted by molar-refractivity contribution is 7.23. The van der Waals surface area contributed by atoms with Gasteiger partial charge in [-0.25, -0.2) is 9.97 Å². The van der Waals surface area contributed by atoms with E-state index in [-0.39, 0.29) is 18.3 Å². The first-order valence-electron chi connectivity index (χ1n) is 10.1. The maximum absolute atomic E-state index is 13.5. The number of benzene rings is 2. The van der Waals surface area contributed by atoms with Crippen molar-refractivity contribution in [3.8, 4) is 11.5 Å². The van der Waals surface area contributed by atoms with E-state index in [1.807, 2.05) is 50.5 Å². The molecule has 0 spiro atoms. The van der Waals surface area contributed by atoms with Crippen LogP contribution in [0.5, 0.6) is 11.5 Å². The summed E-state index contributed by atoms with van der Waals surface area (Å²) in [7, 11) is 4.06. The Labute approximate surface area is 200 Å². The first-order valence-corrected chi connectivity index (χ1v) is 11.7. The van der Waals surface area contributed by atoms with Crippen molar-refractivity contribution in [2.45, 2.75) is 6.42 Å². The molecule has 0 atom stereocenters. The van der Waals surface area contributed by atoms with Crippen molar-refractivity contribution in [2.24, 2.45) is 0 Å². The van der Waals surface area contributed by atoms with Crippen molar-refractivity contribution in [1.29, 1.82) is 0 Å². The fourth-order valence-electron chi connectivity index (χ4n) is 3.48. The van der Waals surface area contributed by atoms with Gasteiger partial charge in [0.2, 0.25) is 0 Å². The summed E-state index contributed by atoms with van der Waals surface area (Å²) in [4.78, 5) is 26.7. The zero-order valence-corrected chi connectivity index (χ0v) is 20.2. The molecule has 1 amide bonds. The number of ether oxygens (including phenoxy) is 2. The molecule has 1 aliphatic rings. The van der Waals surface area contributed by atoms with Crippen LogP contribution in [-0.2, 0) is 0 Å². The lowest BCUT2D eigenvalue weighted by molar-refractivity contribution is 0.0986. The zero-order valence-electron chi connectivity index (χ0n) is 17.7. The maximum Gasteiger partial charge on any atom is 0.289 e. The summed E-state index contributed by atoms with van der Waals surface area (Å²) in [5.41, 5.74) is 1.65. The van der Waals surface area contributed by atoms with E-state index in [4.69, 9.17) is 14.5 Å². The third-order valence-electron chi connectivity index (χ3n) is 4.98. The number of amides is 1. The van der Waals surface area contributed by atoms with E-state index in [2.05, 4.69) is 9.88 Å². The maximum atomic E-state index is 13.5. The Morgan fingerprint density at radius 3 is 2.47 bits per heavy atom. The SMILES string of the molecule is CN(C)CCCN(C(=O)c1nc2ccccc2s1)c1nc2cc3c(cc2s1)OCCO3.Cl. The van der Waals surface area contributed by atoms with E-state index in [1.165, 1.54) is 22.7 Å². The highest BCUT2D eigenvalue weighted by atomic mass is 35.5. The first kappa shape index (κ1) is 22.7. The van der Waals surface area contributed by atoms with E-state index in [0.29, 0.717) is 35.6 Å². The molecule has 0 saturated heterocycles. The van der Waals surface area contributed by atoms with Gasteiger partial charge >= 0.3 is 0 Å². The quantitative estimate of drug-likeness (QED) is 0.390. The highest BCUT2D eigenvalue weighted by Crippen LogP contribution is 2.39. The van der Waals surface area contributed by atoms with E-state index in [9.17, 15) is 4.79 Å². The average Bonchev–Trinajstić information content (AvgIpc) is 3.38. The van der Waals surface area contributed by atoms with Crippen LogP contribution in [0.1, 0.15) is 16.2 Å². The fraction of sp³-hybridized carbons (Fsp3) is 0.318. The molecule has 7 nitrogen and oxygen atoms in total. The molecule has 32 heavy (non-hydrogen) atoms. The third kappa shape index (κ3) is 4.52. The Bertz CT molecular complexity index is 1180. The number of halogens is 1. The number of fused-ring (bicyclic) bond motifs is 3. The predicted molar refractivity (Wildman–Crippen MR) is 132 cm³/mol. The Morgan fingerprint density at radius 1 is 0.969 bits per heavy atom. The van der Waals surface area contributed by atoms with Crippen molar-refractivity contribution >= 4 is 66.6 Å². The van der Waals surface area contributed by atoms with Crippen LogP contribution >= 0.6 is 35.1 Å². The van der Waals surface area contributed by atoms with Crippen LogP contribution in [0.4, 0.5) is 5.13 Å². The van der Waals surface area contributed by atoms with Gasteiger partial charge in [-0.1, -0.05) is 23.5 Å². The lowest BCUT2D eigenvalue weighted by atomic mass is 10.3. The molecule has 0 bridgehead atoms. The monoisotopic (exact) mass is 490 g/mol. The van der Waals surface area contributed by atoms with Crippen LogP contribution in [0.2, 0.25) is 0 Å². The molecule has 0 radical (unpaired) electrons. The van der Waals surface area contributed by atoms with Crippen molar-refractivity contribution in [2.75, 3.05) is 45.3 Å². The molecule has 5 rings (SSSR count). The van der Waals surface area contributed by atoms with Crippen LogP contribution in [0.15, 0.2) is 36.4 Å². The van der Waals surface area contributed by atoms with Gasteiger partial charge in [0.1, 0.15) is 13.2 Å². The molecule has 0 fully saturated rings. The largest absolute Gasteiger partial charge is 0.486 e. The third-order valence-corrected chi connectivity index (χ3v) is 7.05. The summed E-state index contributed by atoms with van der Waals surface area (Å²) in [5, 5.41) is 1.15. The van der Waals surface area contributed by atoms with Crippen molar-refractivity contribution in [1.82, 2.24) is 14.9 Å². The summed E-state index contributed by atoms with van der Waals surface area (Å²) < 4.78 is 13.4. The van der Waals surface area contributed by atoms with E-state index in [1.54, 1.807) is 4.90 Å². The van der Waals surface area contributed by atoms with Gasteiger partial charge in [-0.15, -0.1) is 23.7 Å². The summed E-state index contributed by atoms with van der Waals surface area (Å²) in [5.74, 6) is 1.31. The molecule has 0 N–H and O–H groups in total. The number of carbonyl (C=O) groups is 1. The molecule has 4 aromatic rings. The number of nitrogens with zero attached hydrogens (tertiary/aromatic N) is 4. The lowest BCUT2D eigenvalue weighted by Crippen LogP contribution is -2.33. The van der Waals surface area contributed by atoms with Gasteiger partial charge in [-0.3, -0.25) is 9.69 Å². The Kier molecular flexibility index (Phi) is 6.80. The van der Waals surface area contributed by atoms with Gasteiger partial charge in [0, 0.05) is 18.7 Å². The number of thiazole rings is 2. The highest BCUT2D eigenvalue weighted by Gasteiger charge is 2.25. The van der Waals surface area contributed by atoms with Gasteiger partial charge in [-0.2, -0.15) is 0 Å². The van der Waals surface area contributed by atoms with Crippen LogP contribution in [0, 0.1) is 0 Å². The number of hydrogen-bond acceptors (Lipinski definition) is 8. The number of anilines is 1. The lowest BCUT2D eigenvalue weighted by Gasteiger charge is -2.19. The van der Waals surface area contributed by atoms with Crippen molar-refractivity contribution in [3.63, 3.8) is 0 Å². The zero-order chi connectivity index (χ0) is 21.4. The summed E-state index contributed by atoms with van der Waals surface area (Å²) in [6, 6.07) is 11.7. The molecule has 1 aliphatic heterocycles.